The summed E-state index contributed by atoms with van der Waals surface area (Å²) in [4.78, 5) is 0. The SMILES string of the molecule is CNc1cc(C2CCOC2)no1. The van der Waals surface area contributed by atoms with Crippen LogP contribution in [-0.2, 0) is 4.74 Å². The number of ether oxygens (including phenoxy) is 1. The van der Waals surface area contributed by atoms with Crippen molar-refractivity contribution < 1.29 is 9.26 Å². The number of nitrogens with one attached hydrogen (secondary N) is 1. The second-order valence-electron chi connectivity index (χ2n) is 2.93. The number of hydrogen-bond acceptors (Lipinski definition) is 4. The van der Waals surface area contributed by atoms with Crippen molar-refractivity contribution in [1.82, 2.24) is 5.16 Å². The van der Waals surface area contributed by atoms with Crippen LogP contribution in [0.1, 0.15) is 18.0 Å². The molecule has 0 spiro atoms. The van der Waals surface area contributed by atoms with Gasteiger partial charge in [-0.1, -0.05) is 5.16 Å². The first-order chi connectivity index (χ1) is 5.90. The van der Waals surface area contributed by atoms with E-state index < -0.39 is 0 Å². The molecule has 1 fully saturated rings. The Morgan fingerprint density at radius 1 is 1.67 bits per heavy atom. The molecule has 0 radical (unpaired) electrons. The topological polar surface area (TPSA) is 47.3 Å². The summed E-state index contributed by atoms with van der Waals surface area (Å²) in [7, 11) is 1.81. The van der Waals surface area contributed by atoms with Gasteiger partial charge in [0.2, 0.25) is 5.88 Å². The normalized spacial score (nSPS) is 22.9. The van der Waals surface area contributed by atoms with Crippen LogP contribution in [0.5, 0.6) is 0 Å². The molecule has 1 atom stereocenters. The fraction of sp³-hybridized carbons (Fsp3) is 0.625. The van der Waals surface area contributed by atoms with Gasteiger partial charge in [-0.15, -0.1) is 0 Å². The van der Waals surface area contributed by atoms with E-state index in [0.29, 0.717) is 5.92 Å². The van der Waals surface area contributed by atoms with Gasteiger partial charge in [0.1, 0.15) is 0 Å². The summed E-state index contributed by atoms with van der Waals surface area (Å²) in [5.41, 5.74) is 0.997. The van der Waals surface area contributed by atoms with Gasteiger partial charge in [0.25, 0.3) is 0 Å². The molecule has 0 aromatic carbocycles. The van der Waals surface area contributed by atoms with E-state index >= 15 is 0 Å². The molecule has 2 heterocycles. The zero-order valence-electron chi connectivity index (χ0n) is 7.04. The minimum Gasteiger partial charge on any atom is -0.381 e. The molecule has 12 heavy (non-hydrogen) atoms. The van der Waals surface area contributed by atoms with Crippen LogP contribution >= 0.6 is 0 Å². The van der Waals surface area contributed by atoms with Crippen LogP contribution in [0.2, 0.25) is 0 Å². The van der Waals surface area contributed by atoms with Crippen LogP contribution in [0.25, 0.3) is 0 Å². The monoisotopic (exact) mass is 168 g/mol. The van der Waals surface area contributed by atoms with Crippen LogP contribution in [0.4, 0.5) is 5.88 Å². The Kier molecular flexibility index (Phi) is 1.99. The molecule has 1 aromatic rings. The number of anilines is 1. The summed E-state index contributed by atoms with van der Waals surface area (Å²) < 4.78 is 10.3. The third-order valence-corrected chi connectivity index (χ3v) is 2.12. The zero-order chi connectivity index (χ0) is 8.39. The standard InChI is InChI=1S/C8H12N2O2/c1-9-8-4-7(10-12-8)6-2-3-11-5-6/h4,6,9H,2-3,5H2,1H3. The van der Waals surface area contributed by atoms with E-state index in [2.05, 4.69) is 10.5 Å². The third-order valence-electron chi connectivity index (χ3n) is 2.12. The van der Waals surface area contributed by atoms with Gasteiger partial charge < -0.3 is 14.6 Å². The molecule has 1 aromatic heterocycles. The maximum atomic E-state index is 5.25. The van der Waals surface area contributed by atoms with E-state index in [1.165, 1.54) is 0 Å². The van der Waals surface area contributed by atoms with Gasteiger partial charge in [-0.2, -0.15) is 0 Å². The van der Waals surface area contributed by atoms with E-state index in [0.717, 1.165) is 31.2 Å². The summed E-state index contributed by atoms with van der Waals surface area (Å²) in [6, 6.07) is 1.93. The number of hydrogen-bond donors (Lipinski definition) is 1. The maximum absolute atomic E-state index is 5.25. The van der Waals surface area contributed by atoms with Crippen LogP contribution in [-0.4, -0.2) is 25.4 Å². The quantitative estimate of drug-likeness (QED) is 0.721. The fourth-order valence-electron chi connectivity index (χ4n) is 1.37. The largest absolute Gasteiger partial charge is 0.381 e. The predicted octanol–water partition coefficient (Wildman–Crippen LogP) is 1.22. The molecular weight excluding hydrogens is 156 g/mol. The molecule has 0 amide bonds. The Hall–Kier alpha value is -1.03. The maximum Gasteiger partial charge on any atom is 0.224 e. The highest BCUT2D eigenvalue weighted by atomic mass is 16.5. The molecule has 4 nitrogen and oxygen atoms in total. The summed E-state index contributed by atoms with van der Waals surface area (Å²) in [6.45, 7) is 1.61. The Balaban J connectivity index is 2.11. The molecular formula is C8H12N2O2. The van der Waals surface area contributed by atoms with Crippen molar-refractivity contribution in [2.24, 2.45) is 0 Å². The molecule has 2 rings (SSSR count). The van der Waals surface area contributed by atoms with Crippen molar-refractivity contribution in [3.63, 3.8) is 0 Å². The van der Waals surface area contributed by atoms with Crippen LogP contribution in [0, 0.1) is 0 Å². The van der Waals surface area contributed by atoms with Crippen molar-refractivity contribution in [1.29, 1.82) is 0 Å². The van der Waals surface area contributed by atoms with Gasteiger partial charge >= 0.3 is 0 Å². The molecule has 0 bridgehead atoms. The van der Waals surface area contributed by atoms with E-state index in [9.17, 15) is 0 Å². The molecule has 1 aliphatic rings. The van der Waals surface area contributed by atoms with Gasteiger partial charge in [0.05, 0.1) is 12.3 Å². The highest BCUT2D eigenvalue weighted by Gasteiger charge is 2.21. The zero-order valence-corrected chi connectivity index (χ0v) is 7.04. The Labute approximate surface area is 70.9 Å². The van der Waals surface area contributed by atoms with Crippen molar-refractivity contribution in [3.8, 4) is 0 Å². The van der Waals surface area contributed by atoms with E-state index in [4.69, 9.17) is 9.26 Å². The molecule has 66 valence electrons. The molecule has 1 N–H and O–H groups in total. The van der Waals surface area contributed by atoms with E-state index in [-0.39, 0.29) is 0 Å². The van der Waals surface area contributed by atoms with Crippen molar-refractivity contribution >= 4 is 5.88 Å². The van der Waals surface area contributed by atoms with Crippen molar-refractivity contribution in [2.75, 3.05) is 25.6 Å². The smallest absolute Gasteiger partial charge is 0.224 e. The lowest BCUT2D eigenvalue weighted by molar-refractivity contribution is 0.193. The van der Waals surface area contributed by atoms with Crippen LogP contribution in [0.3, 0.4) is 0 Å². The molecule has 1 aliphatic heterocycles. The van der Waals surface area contributed by atoms with E-state index in [1.807, 2.05) is 13.1 Å². The Bertz CT molecular complexity index is 253. The van der Waals surface area contributed by atoms with Gasteiger partial charge in [0, 0.05) is 25.6 Å². The lowest BCUT2D eigenvalue weighted by Crippen LogP contribution is -1.96. The molecule has 0 saturated carbocycles. The van der Waals surface area contributed by atoms with Gasteiger partial charge in [-0.3, -0.25) is 0 Å². The minimum atomic E-state index is 0.427. The average molecular weight is 168 g/mol. The number of aromatic nitrogens is 1. The molecule has 1 unspecified atom stereocenters. The lowest BCUT2D eigenvalue weighted by Gasteiger charge is -1.98. The summed E-state index contributed by atoms with van der Waals surface area (Å²) >= 11 is 0. The number of rotatable bonds is 2. The minimum absolute atomic E-state index is 0.427. The third kappa shape index (κ3) is 1.30. The van der Waals surface area contributed by atoms with Gasteiger partial charge in [-0.25, -0.2) is 0 Å². The fourth-order valence-corrected chi connectivity index (χ4v) is 1.37. The first kappa shape index (κ1) is 7.61. The second kappa shape index (κ2) is 3.15. The first-order valence-corrected chi connectivity index (χ1v) is 4.12. The Morgan fingerprint density at radius 2 is 2.58 bits per heavy atom. The predicted molar refractivity (Wildman–Crippen MR) is 44.2 cm³/mol. The Morgan fingerprint density at radius 3 is 3.17 bits per heavy atom. The summed E-state index contributed by atoms with van der Waals surface area (Å²) in [5.74, 6) is 1.15. The molecule has 0 aliphatic carbocycles. The average Bonchev–Trinajstić information content (AvgIpc) is 2.75. The molecule has 1 saturated heterocycles. The summed E-state index contributed by atoms with van der Waals surface area (Å²) in [5, 5.41) is 6.85. The van der Waals surface area contributed by atoms with Gasteiger partial charge in [0.15, 0.2) is 0 Å². The first-order valence-electron chi connectivity index (χ1n) is 4.12. The molecule has 4 heteroatoms. The highest BCUT2D eigenvalue weighted by molar-refractivity contribution is 5.31. The van der Waals surface area contributed by atoms with Crippen LogP contribution < -0.4 is 5.32 Å². The summed E-state index contributed by atoms with van der Waals surface area (Å²) in [6.07, 6.45) is 1.05. The van der Waals surface area contributed by atoms with Crippen LogP contribution in [0.15, 0.2) is 10.6 Å². The number of nitrogens with zero attached hydrogens (tertiary/aromatic N) is 1. The van der Waals surface area contributed by atoms with Crippen molar-refractivity contribution in [3.05, 3.63) is 11.8 Å². The lowest BCUT2D eigenvalue weighted by atomic mass is 10.1. The van der Waals surface area contributed by atoms with Gasteiger partial charge in [-0.05, 0) is 6.42 Å². The highest BCUT2D eigenvalue weighted by Crippen LogP contribution is 2.25. The van der Waals surface area contributed by atoms with E-state index in [1.54, 1.807) is 0 Å². The van der Waals surface area contributed by atoms with Crippen molar-refractivity contribution in [2.45, 2.75) is 12.3 Å². The second-order valence-corrected chi connectivity index (χ2v) is 2.93.